The van der Waals surface area contributed by atoms with Gasteiger partial charge in [0.1, 0.15) is 0 Å². The molecule has 0 spiro atoms. The number of likely N-dealkylation sites (N-methyl/N-ethyl adjacent to an activating group) is 1. The number of benzene rings is 1. The summed E-state index contributed by atoms with van der Waals surface area (Å²) in [4.78, 5) is 28.5. The molecule has 0 saturated carbocycles. The molecule has 5 nitrogen and oxygen atoms in total. The number of urea groups is 1. The first-order chi connectivity index (χ1) is 10.9. The molecule has 1 N–H and O–H groups in total. The summed E-state index contributed by atoms with van der Waals surface area (Å²) in [5.74, 6) is 0.346. The fourth-order valence-electron chi connectivity index (χ4n) is 3.15. The van der Waals surface area contributed by atoms with Gasteiger partial charge in [0, 0.05) is 18.6 Å². The van der Waals surface area contributed by atoms with E-state index in [0.717, 1.165) is 11.3 Å². The van der Waals surface area contributed by atoms with Crippen molar-refractivity contribution in [3.8, 4) is 0 Å². The van der Waals surface area contributed by atoms with E-state index in [2.05, 4.69) is 19.2 Å². The second-order valence-electron chi connectivity index (χ2n) is 6.40. The van der Waals surface area contributed by atoms with Crippen molar-refractivity contribution >= 4 is 23.5 Å². The third kappa shape index (κ3) is 2.70. The molecule has 2 aliphatic rings. The second kappa shape index (κ2) is 5.89. The van der Waals surface area contributed by atoms with Crippen molar-refractivity contribution in [1.29, 1.82) is 0 Å². The van der Waals surface area contributed by atoms with Crippen LogP contribution in [0.5, 0.6) is 0 Å². The van der Waals surface area contributed by atoms with Gasteiger partial charge in [-0.05, 0) is 17.5 Å². The lowest BCUT2D eigenvalue weighted by Crippen LogP contribution is -2.45. The lowest BCUT2D eigenvalue weighted by atomic mass is 9.95. The average molecular weight is 334 g/mol. The third-order valence-corrected chi connectivity index (χ3v) is 4.58. The molecule has 0 bridgehead atoms. The van der Waals surface area contributed by atoms with Crippen LogP contribution in [0.25, 0.3) is 0 Å². The van der Waals surface area contributed by atoms with E-state index in [9.17, 15) is 9.59 Å². The van der Waals surface area contributed by atoms with E-state index < -0.39 is 6.04 Å². The number of amides is 3. The number of carbonyl (C=O) groups excluding carboxylic acids is 2. The summed E-state index contributed by atoms with van der Waals surface area (Å²) in [6.45, 7) is 5.28. The van der Waals surface area contributed by atoms with Gasteiger partial charge in [0.15, 0.2) is 0 Å². The largest absolute Gasteiger partial charge is 0.333 e. The quantitative estimate of drug-likeness (QED) is 0.924. The maximum Gasteiger partial charge on any atom is 0.322 e. The zero-order valence-electron chi connectivity index (χ0n) is 13.5. The van der Waals surface area contributed by atoms with Crippen molar-refractivity contribution in [3.05, 3.63) is 46.1 Å². The molecule has 1 aromatic rings. The molecule has 2 aliphatic heterocycles. The molecule has 1 atom stereocenters. The van der Waals surface area contributed by atoms with E-state index in [4.69, 9.17) is 11.6 Å². The van der Waals surface area contributed by atoms with Gasteiger partial charge >= 0.3 is 6.03 Å². The van der Waals surface area contributed by atoms with Crippen LogP contribution in [-0.2, 0) is 4.79 Å². The van der Waals surface area contributed by atoms with Crippen molar-refractivity contribution < 1.29 is 9.59 Å². The number of nitrogens with zero attached hydrogens (tertiary/aromatic N) is 2. The highest BCUT2D eigenvalue weighted by molar-refractivity contribution is 6.31. The maximum atomic E-state index is 12.9. The van der Waals surface area contributed by atoms with Crippen LogP contribution in [0.2, 0.25) is 5.02 Å². The molecule has 3 amide bonds. The predicted molar refractivity (Wildman–Crippen MR) is 88.9 cm³/mol. The van der Waals surface area contributed by atoms with Crippen LogP contribution in [0.3, 0.4) is 0 Å². The Morgan fingerprint density at radius 2 is 2.00 bits per heavy atom. The minimum absolute atomic E-state index is 0.0227. The van der Waals surface area contributed by atoms with Crippen molar-refractivity contribution in [2.45, 2.75) is 19.9 Å². The molecule has 0 fully saturated rings. The number of halogens is 1. The summed E-state index contributed by atoms with van der Waals surface area (Å²) >= 11 is 6.29. The van der Waals surface area contributed by atoms with E-state index >= 15 is 0 Å². The summed E-state index contributed by atoms with van der Waals surface area (Å²) < 4.78 is 0. The van der Waals surface area contributed by atoms with E-state index in [1.165, 1.54) is 4.90 Å². The normalized spacial score (nSPS) is 21.2. The summed E-state index contributed by atoms with van der Waals surface area (Å²) in [7, 11) is 1.69. The van der Waals surface area contributed by atoms with Crippen molar-refractivity contribution in [3.63, 3.8) is 0 Å². The number of rotatable bonds is 3. The van der Waals surface area contributed by atoms with Crippen LogP contribution in [-0.4, -0.2) is 41.9 Å². The Hall–Kier alpha value is -2.01. The molecule has 0 saturated heterocycles. The number of nitrogens with one attached hydrogen (secondary N) is 1. The van der Waals surface area contributed by atoms with E-state index in [1.807, 2.05) is 18.2 Å². The Balaban J connectivity index is 2.03. The molecule has 1 aromatic carbocycles. The molecule has 0 unspecified atom stereocenters. The van der Waals surface area contributed by atoms with Gasteiger partial charge in [-0.1, -0.05) is 43.6 Å². The van der Waals surface area contributed by atoms with Crippen molar-refractivity contribution in [1.82, 2.24) is 15.1 Å². The van der Waals surface area contributed by atoms with Crippen LogP contribution in [0, 0.1) is 5.92 Å². The Morgan fingerprint density at radius 1 is 1.30 bits per heavy atom. The van der Waals surface area contributed by atoms with Crippen LogP contribution in [0.4, 0.5) is 4.79 Å². The number of hydrogen-bond acceptors (Lipinski definition) is 2. The minimum atomic E-state index is -0.493. The van der Waals surface area contributed by atoms with Gasteiger partial charge in [-0.3, -0.25) is 9.69 Å². The fraction of sp³-hybridized carbons (Fsp3) is 0.412. The first-order valence-corrected chi connectivity index (χ1v) is 8.09. The lowest BCUT2D eigenvalue weighted by Gasteiger charge is -2.31. The SMILES string of the molecule is CC(C)CN1CC2=C(C1=O)[C@@H](c1ccccc1Cl)NC(=O)N2C. The summed E-state index contributed by atoms with van der Waals surface area (Å²) in [6.07, 6.45) is 0. The minimum Gasteiger partial charge on any atom is -0.333 e. The van der Waals surface area contributed by atoms with Crippen molar-refractivity contribution in [2.24, 2.45) is 5.92 Å². The van der Waals surface area contributed by atoms with E-state index in [-0.39, 0.29) is 11.9 Å². The van der Waals surface area contributed by atoms with Gasteiger partial charge in [-0.2, -0.15) is 0 Å². The zero-order chi connectivity index (χ0) is 16.7. The highest BCUT2D eigenvalue weighted by Gasteiger charge is 2.43. The van der Waals surface area contributed by atoms with Gasteiger partial charge in [-0.25, -0.2) is 4.79 Å². The Bertz CT molecular complexity index is 699. The van der Waals surface area contributed by atoms with Gasteiger partial charge in [0.25, 0.3) is 5.91 Å². The third-order valence-electron chi connectivity index (χ3n) is 4.24. The maximum absolute atomic E-state index is 12.9. The monoisotopic (exact) mass is 333 g/mol. The summed E-state index contributed by atoms with van der Waals surface area (Å²) in [5, 5.41) is 3.44. The van der Waals surface area contributed by atoms with Gasteiger partial charge in [0.05, 0.1) is 23.9 Å². The van der Waals surface area contributed by atoms with Crippen molar-refractivity contribution in [2.75, 3.05) is 20.1 Å². The van der Waals surface area contributed by atoms with Gasteiger partial charge < -0.3 is 10.2 Å². The van der Waals surface area contributed by atoms with Gasteiger partial charge in [0.2, 0.25) is 0 Å². The van der Waals surface area contributed by atoms with Crippen LogP contribution in [0.1, 0.15) is 25.5 Å². The first kappa shape index (κ1) is 15.9. The molecule has 0 aromatic heterocycles. The Labute approximate surface area is 140 Å². The molecular formula is C17H20ClN3O2. The Kier molecular flexibility index (Phi) is 4.06. The molecule has 122 valence electrons. The van der Waals surface area contributed by atoms with Crippen LogP contribution in [0.15, 0.2) is 35.5 Å². The standard InChI is InChI=1S/C17H20ClN3O2/c1-10(2)8-21-9-13-14(16(21)22)15(19-17(23)20(13)3)11-6-4-5-7-12(11)18/h4-7,10,15H,8-9H2,1-3H3,(H,19,23)/t15-/m1/s1. The summed E-state index contributed by atoms with van der Waals surface area (Å²) in [6, 6.07) is 6.60. The fourth-order valence-corrected chi connectivity index (χ4v) is 3.40. The Morgan fingerprint density at radius 3 is 2.65 bits per heavy atom. The molecule has 0 aliphatic carbocycles. The molecule has 6 heteroatoms. The highest BCUT2D eigenvalue weighted by atomic mass is 35.5. The molecule has 2 heterocycles. The molecule has 0 radical (unpaired) electrons. The van der Waals surface area contributed by atoms with Crippen LogP contribution >= 0.6 is 11.6 Å². The van der Waals surface area contributed by atoms with E-state index in [0.29, 0.717) is 29.6 Å². The van der Waals surface area contributed by atoms with Gasteiger partial charge in [-0.15, -0.1) is 0 Å². The second-order valence-corrected chi connectivity index (χ2v) is 6.81. The highest BCUT2D eigenvalue weighted by Crippen LogP contribution is 2.38. The topological polar surface area (TPSA) is 52.7 Å². The van der Waals surface area contributed by atoms with E-state index in [1.54, 1.807) is 18.0 Å². The predicted octanol–water partition coefficient (Wildman–Crippen LogP) is 2.79. The summed E-state index contributed by atoms with van der Waals surface area (Å²) in [5.41, 5.74) is 2.15. The average Bonchev–Trinajstić information content (AvgIpc) is 2.81. The lowest BCUT2D eigenvalue weighted by molar-refractivity contribution is -0.126. The number of carbonyl (C=O) groups is 2. The molecular weight excluding hydrogens is 314 g/mol. The van der Waals surface area contributed by atoms with Crippen LogP contribution < -0.4 is 5.32 Å². The zero-order valence-corrected chi connectivity index (χ0v) is 14.2. The number of hydrogen-bond donors (Lipinski definition) is 1. The molecule has 3 rings (SSSR count). The molecule has 23 heavy (non-hydrogen) atoms. The smallest absolute Gasteiger partial charge is 0.322 e. The first-order valence-electron chi connectivity index (χ1n) is 7.71.